The highest BCUT2D eigenvalue weighted by atomic mass is 32.2. The molecule has 2 heterocycles. The third-order valence-electron chi connectivity index (χ3n) is 3.44. The largest absolute Gasteiger partial charge is 0.388 e. The van der Waals surface area contributed by atoms with Gasteiger partial charge < -0.3 is 16.0 Å². The minimum atomic E-state index is -0.201. The number of thiazole rings is 1. The van der Waals surface area contributed by atoms with Crippen molar-refractivity contribution >= 4 is 62.7 Å². The Kier molecular flexibility index (Phi) is 5.38. The van der Waals surface area contributed by atoms with Crippen LogP contribution in [-0.4, -0.2) is 29.0 Å². The molecule has 7 nitrogen and oxygen atoms in total. The maximum absolute atomic E-state index is 12.2. The van der Waals surface area contributed by atoms with E-state index in [0.29, 0.717) is 15.2 Å². The maximum Gasteiger partial charge on any atom is 0.264 e. The topological polar surface area (TPSA) is 95.5 Å². The first kappa shape index (κ1) is 18.2. The highest BCUT2D eigenvalue weighted by Gasteiger charge is 2.24. The molecule has 3 rings (SSSR count). The summed E-state index contributed by atoms with van der Waals surface area (Å²) in [6.07, 6.45) is 3.36. The Morgan fingerprint density at radius 2 is 2.19 bits per heavy atom. The number of nitrogens with one attached hydrogen (secondary N) is 3. The van der Waals surface area contributed by atoms with E-state index in [-0.39, 0.29) is 11.8 Å². The molecular formula is C17H17N5O2S2. The molecule has 1 aliphatic heterocycles. The van der Waals surface area contributed by atoms with Crippen LogP contribution < -0.4 is 16.0 Å². The molecule has 9 heteroatoms. The van der Waals surface area contributed by atoms with Crippen LogP contribution in [0.2, 0.25) is 0 Å². The number of hydrogen-bond donors (Lipinski definition) is 3. The van der Waals surface area contributed by atoms with Crippen molar-refractivity contribution in [1.82, 2.24) is 10.3 Å². The van der Waals surface area contributed by atoms with Gasteiger partial charge in [-0.05, 0) is 48.5 Å². The molecule has 0 unspecified atom stereocenters. The second-order valence-electron chi connectivity index (χ2n) is 5.48. The average Bonchev–Trinajstić information content (AvgIpc) is 3.16. The molecule has 0 radical (unpaired) electrons. The molecule has 1 saturated heterocycles. The normalized spacial score (nSPS) is 16.8. The third-order valence-corrected chi connectivity index (χ3v) is 5.21. The summed E-state index contributed by atoms with van der Waals surface area (Å²) >= 11 is 2.58. The maximum atomic E-state index is 12.2. The number of carbonyl (C=O) groups is 2. The number of amides is 2. The van der Waals surface area contributed by atoms with Gasteiger partial charge >= 0.3 is 0 Å². The zero-order valence-electron chi connectivity index (χ0n) is 14.4. The van der Waals surface area contributed by atoms with Crippen LogP contribution in [0.15, 0.2) is 34.3 Å². The number of aromatic nitrogens is 1. The van der Waals surface area contributed by atoms with Gasteiger partial charge in [-0.3, -0.25) is 9.59 Å². The predicted molar refractivity (Wildman–Crippen MR) is 108 cm³/mol. The van der Waals surface area contributed by atoms with Crippen LogP contribution in [0.1, 0.15) is 17.4 Å². The monoisotopic (exact) mass is 387 g/mol. The predicted octanol–water partition coefficient (Wildman–Crippen LogP) is 3.34. The lowest BCUT2D eigenvalue weighted by molar-refractivity contribution is -0.115. The molecule has 0 atom stereocenters. The van der Waals surface area contributed by atoms with Gasteiger partial charge in [0.25, 0.3) is 5.91 Å². The molecule has 0 saturated carbocycles. The summed E-state index contributed by atoms with van der Waals surface area (Å²) in [6.45, 7) is 3.40. The minimum Gasteiger partial charge on any atom is -0.388 e. The number of thioether (sulfide) groups is 1. The average molecular weight is 387 g/mol. The van der Waals surface area contributed by atoms with Crippen molar-refractivity contribution in [3.05, 3.63) is 39.7 Å². The Hall–Kier alpha value is -2.65. The first-order valence-corrected chi connectivity index (χ1v) is 9.39. The second-order valence-corrected chi connectivity index (χ2v) is 7.57. The minimum absolute atomic E-state index is 0.180. The van der Waals surface area contributed by atoms with Crippen molar-refractivity contribution in [3.8, 4) is 0 Å². The molecule has 2 amide bonds. The number of carbonyl (C=O) groups excluding carboxylic acids is 2. The molecule has 26 heavy (non-hydrogen) atoms. The zero-order valence-corrected chi connectivity index (χ0v) is 16.0. The molecule has 0 bridgehead atoms. The molecule has 3 N–H and O–H groups in total. The highest BCUT2D eigenvalue weighted by molar-refractivity contribution is 8.18. The smallest absolute Gasteiger partial charge is 0.264 e. The first-order valence-electron chi connectivity index (χ1n) is 7.76. The number of hydrogen-bond acceptors (Lipinski definition) is 7. The van der Waals surface area contributed by atoms with Crippen molar-refractivity contribution in [1.29, 1.82) is 0 Å². The fourth-order valence-corrected chi connectivity index (χ4v) is 3.92. The number of benzene rings is 1. The molecule has 2 aromatic rings. The number of amidine groups is 1. The number of rotatable bonds is 4. The molecule has 1 fully saturated rings. The van der Waals surface area contributed by atoms with Gasteiger partial charge in [-0.15, -0.1) is 0 Å². The quantitative estimate of drug-likeness (QED) is 0.700. The number of aliphatic imine (C=N–C) groups is 1. The summed E-state index contributed by atoms with van der Waals surface area (Å²) < 4.78 is 0. The molecule has 1 aromatic heterocycles. The molecule has 134 valence electrons. The number of anilines is 2. The van der Waals surface area contributed by atoms with Crippen LogP contribution in [0.4, 0.5) is 16.5 Å². The van der Waals surface area contributed by atoms with E-state index in [2.05, 4.69) is 25.9 Å². The molecular weight excluding hydrogens is 370 g/mol. The van der Waals surface area contributed by atoms with Crippen molar-refractivity contribution in [3.63, 3.8) is 0 Å². The Morgan fingerprint density at radius 3 is 2.88 bits per heavy atom. The van der Waals surface area contributed by atoms with Crippen molar-refractivity contribution < 1.29 is 9.59 Å². The van der Waals surface area contributed by atoms with Crippen LogP contribution >= 0.6 is 23.1 Å². The first-order chi connectivity index (χ1) is 12.4. The van der Waals surface area contributed by atoms with Crippen molar-refractivity contribution in [2.45, 2.75) is 13.8 Å². The summed E-state index contributed by atoms with van der Waals surface area (Å²) in [5, 5.41) is 9.51. The van der Waals surface area contributed by atoms with E-state index in [0.717, 1.165) is 21.8 Å². The molecule has 0 aliphatic carbocycles. The van der Waals surface area contributed by atoms with Gasteiger partial charge in [0.1, 0.15) is 0 Å². The fraction of sp³-hybridized carbons (Fsp3) is 0.176. The van der Waals surface area contributed by atoms with Crippen LogP contribution in [0.3, 0.4) is 0 Å². The summed E-state index contributed by atoms with van der Waals surface area (Å²) in [6, 6.07) is 5.84. The lowest BCUT2D eigenvalue weighted by Gasteiger charge is -2.04. The van der Waals surface area contributed by atoms with Crippen LogP contribution in [0.25, 0.3) is 6.08 Å². The Labute approximate surface area is 159 Å². The van der Waals surface area contributed by atoms with E-state index in [1.165, 1.54) is 30.0 Å². The summed E-state index contributed by atoms with van der Waals surface area (Å²) in [5.74, 6) is -0.381. The van der Waals surface area contributed by atoms with Gasteiger partial charge in [0.05, 0.1) is 15.5 Å². The van der Waals surface area contributed by atoms with Crippen molar-refractivity contribution in [2.75, 3.05) is 17.7 Å². The van der Waals surface area contributed by atoms with E-state index in [1.54, 1.807) is 12.3 Å². The zero-order chi connectivity index (χ0) is 18.7. The molecule has 1 aliphatic rings. The van der Waals surface area contributed by atoms with Gasteiger partial charge in [0.15, 0.2) is 10.3 Å². The van der Waals surface area contributed by atoms with E-state index in [1.807, 2.05) is 32.2 Å². The third kappa shape index (κ3) is 4.30. The summed E-state index contributed by atoms with van der Waals surface area (Å²) in [5.41, 5.74) is 2.83. The van der Waals surface area contributed by atoms with Gasteiger partial charge in [-0.1, -0.05) is 11.3 Å². The lowest BCUT2D eigenvalue weighted by Crippen LogP contribution is -2.19. The Bertz CT molecular complexity index is 933. The second kappa shape index (κ2) is 7.71. The van der Waals surface area contributed by atoms with Crippen LogP contribution in [0, 0.1) is 6.92 Å². The fourth-order valence-electron chi connectivity index (χ4n) is 2.22. The number of aryl methyl sites for hydroxylation is 1. The lowest BCUT2D eigenvalue weighted by atomic mass is 10.2. The Morgan fingerprint density at radius 1 is 1.38 bits per heavy atom. The summed E-state index contributed by atoms with van der Waals surface area (Å²) in [4.78, 5) is 33.2. The standard InChI is InChI=1S/C17H17N5O2S2/c1-9-6-11(18-3)4-5-13(9)21-17-22-15(24)14(26-17)7-12-8-19-16(25-12)20-10(2)23/h4-8,18H,1-3H3,(H,19,20,23)(H,21,22,24). The van der Waals surface area contributed by atoms with Crippen LogP contribution in [-0.2, 0) is 9.59 Å². The molecule has 1 aromatic carbocycles. The van der Waals surface area contributed by atoms with Crippen LogP contribution in [0.5, 0.6) is 0 Å². The number of nitrogens with zero attached hydrogens (tertiary/aromatic N) is 2. The van der Waals surface area contributed by atoms with Gasteiger partial charge in [0, 0.05) is 25.9 Å². The van der Waals surface area contributed by atoms with Gasteiger partial charge in [-0.25, -0.2) is 9.98 Å². The van der Waals surface area contributed by atoms with E-state index in [9.17, 15) is 9.59 Å². The molecule has 0 spiro atoms. The van der Waals surface area contributed by atoms with E-state index in [4.69, 9.17) is 0 Å². The van der Waals surface area contributed by atoms with E-state index >= 15 is 0 Å². The summed E-state index contributed by atoms with van der Waals surface area (Å²) in [7, 11) is 1.86. The highest BCUT2D eigenvalue weighted by Crippen LogP contribution is 2.31. The van der Waals surface area contributed by atoms with E-state index < -0.39 is 0 Å². The van der Waals surface area contributed by atoms with Gasteiger partial charge in [-0.2, -0.15) is 0 Å². The Balaban J connectivity index is 1.78. The van der Waals surface area contributed by atoms with Gasteiger partial charge in [0.2, 0.25) is 5.91 Å². The SMILES string of the molecule is CNc1ccc(N=C2NC(=O)C(=Cc3cnc(NC(C)=O)s3)S2)c(C)c1. The van der Waals surface area contributed by atoms with Crippen molar-refractivity contribution in [2.24, 2.45) is 4.99 Å².